The molecule has 0 aliphatic heterocycles. The maximum atomic E-state index is 12.8. The summed E-state index contributed by atoms with van der Waals surface area (Å²) in [6, 6.07) is 12.3. The molecule has 6 nitrogen and oxygen atoms in total. The van der Waals surface area contributed by atoms with Crippen LogP contribution in [-0.2, 0) is 6.18 Å². The highest BCUT2D eigenvalue weighted by molar-refractivity contribution is 6.05. The first-order valence-corrected chi connectivity index (χ1v) is 11.2. The fourth-order valence-electron chi connectivity index (χ4n) is 4.04. The number of alkyl halides is 3. The number of carbonyl (C=O) groups excluding carboxylic acids is 2. The van der Waals surface area contributed by atoms with E-state index in [1.54, 1.807) is 18.2 Å². The molecule has 0 atom stereocenters. The molecule has 178 valence electrons. The summed E-state index contributed by atoms with van der Waals surface area (Å²) in [7, 11) is 0. The van der Waals surface area contributed by atoms with Crippen LogP contribution in [0.2, 0.25) is 0 Å². The Kier molecular flexibility index (Phi) is 6.72. The van der Waals surface area contributed by atoms with Gasteiger partial charge in [0, 0.05) is 29.1 Å². The van der Waals surface area contributed by atoms with Crippen LogP contribution in [0, 0.1) is 6.92 Å². The quantitative estimate of drug-likeness (QED) is 0.516. The summed E-state index contributed by atoms with van der Waals surface area (Å²) in [5, 5.41) is 9.42. The minimum atomic E-state index is -4.52. The lowest BCUT2D eigenvalue weighted by atomic mass is 9.95. The normalized spacial score (nSPS) is 14.6. The van der Waals surface area contributed by atoms with Gasteiger partial charge in [0.1, 0.15) is 0 Å². The lowest BCUT2D eigenvalue weighted by Crippen LogP contribution is -2.36. The molecule has 0 unspecified atom stereocenters. The number of aryl methyl sites for hydroxylation is 1. The Hall–Kier alpha value is -3.62. The summed E-state index contributed by atoms with van der Waals surface area (Å²) in [6.07, 6.45) is 2.18. The molecule has 34 heavy (non-hydrogen) atoms. The van der Waals surface area contributed by atoms with Crippen LogP contribution in [0.3, 0.4) is 0 Å². The summed E-state index contributed by atoms with van der Waals surface area (Å²) < 4.78 is 39.4. The van der Waals surface area contributed by atoms with E-state index in [0.717, 1.165) is 42.0 Å². The Morgan fingerprint density at radius 2 is 1.62 bits per heavy atom. The molecular weight excluding hydrogens is 445 g/mol. The lowest BCUT2D eigenvalue weighted by Gasteiger charge is -2.23. The van der Waals surface area contributed by atoms with Gasteiger partial charge in [-0.15, -0.1) is 0 Å². The van der Waals surface area contributed by atoms with E-state index in [-0.39, 0.29) is 17.9 Å². The number of carbonyl (C=O) groups is 2. The molecule has 1 aliphatic carbocycles. The van der Waals surface area contributed by atoms with Crippen LogP contribution in [0.4, 0.5) is 18.9 Å². The third-order valence-electron chi connectivity index (χ3n) is 5.95. The predicted molar refractivity (Wildman–Crippen MR) is 122 cm³/mol. The standard InChI is InChI=1S/C25H25F3N4O2/c1-16-15-18(24(34)29-19-5-3-2-4-6-19)9-12-21(16)30-23(33)17-7-10-20(11-8-17)32-14-13-22(31-32)25(26,27)28/h7-15,19H,2-6H2,1H3,(H,29,34)(H,30,33). The molecule has 1 aromatic heterocycles. The zero-order valence-electron chi connectivity index (χ0n) is 18.7. The van der Waals surface area contributed by atoms with Crippen molar-refractivity contribution in [3.63, 3.8) is 0 Å². The van der Waals surface area contributed by atoms with Gasteiger partial charge in [-0.3, -0.25) is 9.59 Å². The summed E-state index contributed by atoms with van der Waals surface area (Å²) in [4.78, 5) is 25.2. The average molecular weight is 470 g/mol. The second-order valence-electron chi connectivity index (χ2n) is 8.48. The summed E-state index contributed by atoms with van der Waals surface area (Å²) in [5.41, 5.74) is 1.62. The molecule has 0 radical (unpaired) electrons. The molecule has 4 rings (SSSR count). The van der Waals surface area contributed by atoms with Gasteiger partial charge in [0.05, 0.1) is 5.69 Å². The van der Waals surface area contributed by atoms with Crippen LogP contribution in [-0.4, -0.2) is 27.6 Å². The van der Waals surface area contributed by atoms with Crippen molar-refractivity contribution >= 4 is 17.5 Å². The van der Waals surface area contributed by atoms with Crippen molar-refractivity contribution in [2.45, 2.75) is 51.2 Å². The summed E-state index contributed by atoms with van der Waals surface area (Å²) in [5.74, 6) is -0.485. The Morgan fingerprint density at radius 1 is 0.941 bits per heavy atom. The fourth-order valence-corrected chi connectivity index (χ4v) is 4.04. The second kappa shape index (κ2) is 9.70. The van der Waals surface area contributed by atoms with Crippen molar-refractivity contribution in [3.05, 3.63) is 77.1 Å². The molecule has 2 amide bonds. The average Bonchev–Trinajstić information content (AvgIpc) is 3.32. The first-order chi connectivity index (χ1) is 16.2. The van der Waals surface area contributed by atoms with E-state index in [9.17, 15) is 22.8 Å². The van der Waals surface area contributed by atoms with Crippen molar-refractivity contribution in [2.75, 3.05) is 5.32 Å². The van der Waals surface area contributed by atoms with E-state index in [1.165, 1.54) is 36.9 Å². The highest BCUT2D eigenvalue weighted by Crippen LogP contribution is 2.28. The van der Waals surface area contributed by atoms with Gasteiger partial charge in [0.25, 0.3) is 11.8 Å². The summed E-state index contributed by atoms with van der Waals surface area (Å²) in [6.45, 7) is 1.81. The van der Waals surface area contributed by atoms with Crippen LogP contribution in [0.5, 0.6) is 0 Å². The van der Waals surface area contributed by atoms with E-state index >= 15 is 0 Å². The molecule has 0 saturated heterocycles. The van der Waals surface area contributed by atoms with E-state index in [1.807, 2.05) is 6.92 Å². The molecule has 1 saturated carbocycles. The van der Waals surface area contributed by atoms with Crippen LogP contribution >= 0.6 is 0 Å². The van der Waals surface area contributed by atoms with Crippen molar-refractivity contribution in [1.82, 2.24) is 15.1 Å². The van der Waals surface area contributed by atoms with Crippen LogP contribution in [0.15, 0.2) is 54.7 Å². The molecule has 3 aromatic rings. The number of nitrogens with one attached hydrogen (secondary N) is 2. The van der Waals surface area contributed by atoms with E-state index in [2.05, 4.69) is 15.7 Å². The molecule has 1 heterocycles. The minimum absolute atomic E-state index is 0.115. The molecule has 1 fully saturated rings. The van der Waals surface area contributed by atoms with E-state index < -0.39 is 11.9 Å². The first-order valence-electron chi connectivity index (χ1n) is 11.2. The number of hydrogen-bond acceptors (Lipinski definition) is 3. The molecular formula is C25H25F3N4O2. The van der Waals surface area contributed by atoms with Gasteiger partial charge in [-0.1, -0.05) is 19.3 Å². The number of halogens is 3. The van der Waals surface area contributed by atoms with Gasteiger partial charge in [-0.05, 0) is 73.9 Å². The Labute approximate surface area is 195 Å². The topological polar surface area (TPSA) is 76.0 Å². The van der Waals surface area contributed by atoms with E-state index in [0.29, 0.717) is 22.5 Å². The summed E-state index contributed by atoms with van der Waals surface area (Å²) >= 11 is 0. The number of amides is 2. The zero-order chi connectivity index (χ0) is 24.3. The first kappa shape index (κ1) is 23.5. The lowest BCUT2D eigenvalue weighted by molar-refractivity contribution is -0.141. The van der Waals surface area contributed by atoms with Gasteiger partial charge in [-0.2, -0.15) is 18.3 Å². The van der Waals surface area contributed by atoms with Crippen LogP contribution in [0.25, 0.3) is 5.69 Å². The van der Waals surface area contributed by atoms with Crippen molar-refractivity contribution < 1.29 is 22.8 Å². The van der Waals surface area contributed by atoms with Crippen molar-refractivity contribution in [2.24, 2.45) is 0 Å². The highest BCUT2D eigenvalue weighted by Gasteiger charge is 2.33. The second-order valence-corrected chi connectivity index (χ2v) is 8.48. The monoisotopic (exact) mass is 470 g/mol. The SMILES string of the molecule is Cc1cc(C(=O)NC2CCCCC2)ccc1NC(=O)c1ccc(-n2ccc(C(F)(F)F)n2)cc1. The Morgan fingerprint density at radius 3 is 2.24 bits per heavy atom. The van der Waals surface area contributed by atoms with Gasteiger partial charge >= 0.3 is 6.18 Å². The number of aromatic nitrogens is 2. The van der Waals surface area contributed by atoms with Crippen molar-refractivity contribution in [1.29, 1.82) is 0 Å². The molecule has 0 bridgehead atoms. The third-order valence-corrected chi connectivity index (χ3v) is 5.95. The van der Waals surface area contributed by atoms with Crippen LogP contribution < -0.4 is 10.6 Å². The maximum absolute atomic E-state index is 12.8. The van der Waals surface area contributed by atoms with Gasteiger partial charge in [-0.25, -0.2) is 4.68 Å². The largest absolute Gasteiger partial charge is 0.435 e. The number of hydrogen-bond donors (Lipinski definition) is 2. The van der Waals surface area contributed by atoms with Crippen molar-refractivity contribution in [3.8, 4) is 5.69 Å². The predicted octanol–water partition coefficient (Wildman–Crippen LogP) is 5.51. The highest BCUT2D eigenvalue weighted by atomic mass is 19.4. The molecule has 9 heteroatoms. The molecule has 0 spiro atoms. The number of anilines is 1. The molecule has 1 aliphatic rings. The maximum Gasteiger partial charge on any atom is 0.435 e. The minimum Gasteiger partial charge on any atom is -0.349 e. The number of benzene rings is 2. The Balaban J connectivity index is 1.40. The Bertz CT molecular complexity index is 1180. The number of nitrogens with zero attached hydrogens (tertiary/aromatic N) is 2. The van der Waals surface area contributed by atoms with Gasteiger partial charge in [0.2, 0.25) is 0 Å². The smallest absolute Gasteiger partial charge is 0.349 e. The number of rotatable bonds is 5. The molecule has 2 aromatic carbocycles. The van der Waals surface area contributed by atoms with Crippen LogP contribution in [0.1, 0.15) is 64.1 Å². The zero-order valence-corrected chi connectivity index (χ0v) is 18.7. The van der Waals surface area contributed by atoms with Gasteiger partial charge < -0.3 is 10.6 Å². The third kappa shape index (κ3) is 5.47. The van der Waals surface area contributed by atoms with Gasteiger partial charge in [0.15, 0.2) is 5.69 Å². The van der Waals surface area contributed by atoms with E-state index in [4.69, 9.17) is 0 Å². The fraction of sp³-hybridized carbons (Fsp3) is 0.320. The molecule has 2 N–H and O–H groups in total.